The van der Waals surface area contributed by atoms with Crippen LogP contribution < -0.4 is 5.43 Å². The van der Waals surface area contributed by atoms with Crippen molar-refractivity contribution in [2.75, 3.05) is 0 Å². The summed E-state index contributed by atoms with van der Waals surface area (Å²) < 4.78 is 0. The highest BCUT2D eigenvalue weighted by atomic mass is 32.1. The molecule has 0 unspecified atom stereocenters. The number of aryl methyl sites for hydroxylation is 1. The van der Waals surface area contributed by atoms with E-state index in [1.165, 1.54) is 0 Å². The molecule has 0 fully saturated rings. The van der Waals surface area contributed by atoms with Gasteiger partial charge in [0.25, 0.3) is 0 Å². The number of rotatable bonds is 5. The number of thiazole rings is 1. The fraction of sp³-hybridized carbons (Fsp3) is 0.0690. The average Bonchev–Trinajstić information content (AvgIpc) is 3.36. The lowest BCUT2D eigenvalue weighted by Gasteiger charge is -2.11. The van der Waals surface area contributed by atoms with Crippen LogP contribution in [0.1, 0.15) is 20.9 Å². The fourth-order valence-corrected chi connectivity index (χ4v) is 5.12. The molecule has 0 amide bonds. The summed E-state index contributed by atoms with van der Waals surface area (Å²) in [4.78, 5) is 44.1. The molecule has 174 valence electrons. The van der Waals surface area contributed by atoms with Gasteiger partial charge in [-0.3, -0.25) is 14.6 Å². The zero-order chi connectivity index (χ0) is 24.6. The van der Waals surface area contributed by atoms with Crippen LogP contribution in [0.15, 0.2) is 90.1 Å². The second-order valence-electron chi connectivity index (χ2n) is 8.54. The smallest absolute Gasteiger partial charge is 0.194 e. The van der Waals surface area contributed by atoms with Gasteiger partial charge in [-0.05, 0) is 36.8 Å². The lowest BCUT2D eigenvalue weighted by molar-refractivity contribution is 0.0992. The van der Waals surface area contributed by atoms with Crippen LogP contribution in [0.4, 0.5) is 0 Å². The first-order valence-corrected chi connectivity index (χ1v) is 12.3. The number of hydrogen-bond acceptors (Lipinski definition) is 6. The van der Waals surface area contributed by atoms with Crippen molar-refractivity contribution in [1.29, 1.82) is 0 Å². The Kier molecular flexibility index (Phi) is 5.47. The zero-order valence-corrected chi connectivity index (χ0v) is 20.2. The topological polar surface area (TPSA) is 88.6 Å². The van der Waals surface area contributed by atoms with Crippen LogP contribution >= 0.6 is 11.3 Å². The van der Waals surface area contributed by atoms with Gasteiger partial charge in [0, 0.05) is 47.1 Å². The summed E-state index contributed by atoms with van der Waals surface area (Å²) in [6.07, 6.45) is 5.19. The molecule has 2 aromatic carbocycles. The second kappa shape index (κ2) is 8.94. The van der Waals surface area contributed by atoms with Crippen molar-refractivity contribution in [3.8, 4) is 21.7 Å². The maximum absolute atomic E-state index is 13.5. The highest BCUT2D eigenvalue weighted by Gasteiger charge is 2.18. The van der Waals surface area contributed by atoms with Crippen LogP contribution in [-0.2, 0) is 6.42 Å². The van der Waals surface area contributed by atoms with E-state index in [1.54, 1.807) is 35.9 Å². The van der Waals surface area contributed by atoms with Crippen LogP contribution in [-0.4, -0.2) is 25.7 Å². The van der Waals surface area contributed by atoms with Gasteiger partial charge < -0.3 is 4.98 Å². The van der Waals surface area contributed by atoms with Gasteiger partial charge in [-0.25, -0.2) is 9.97 Å². The van der Waals surface area contributed by atoms with E-state index in [2.05, 4.69) is 21.0 Å². The average molecular weight is 489 g/mol. The van der Waals surface area contributed by atoms with E-state index in [9.17, 15) is 9.59 Å². The molecule has 0 aliphatic carbocycles. The van der Waals surface area contributed by atoms with Crippen LogP contribution in [0, 0.1) is 6.92 Å². The molecule has 0 spiro atoms. The van der Waals surface area contributed by atoms with E-state index < -0.39 is 0 Å². The highest BCUT2D eigenvalue weighted by molar-refractivity contribution is 7.15. The molecular formula is C29H20N4O2S. The van der Waals surface area contributed by atoms with Gasteiger partial charge in [-0.1, -0.05) is 42.5 Å². The van der Waals surface area contributed by atoms with E-state index >= 15 is 0 Å². The van der Waals surface area contributed by atoms with Gasteiger partial charge in [0.05, 0.1) is 26.5 Å². The molecule has 1 N–H and O–H groups in total. The SMILES string of the molecule is Cc1ncc(-c2nc3[nH]cc(CC(=O)c4ccccc4)c(=O)c3cc2-c2ccc3ncccc3c2)s1. The minimum atomic E-state index is -0.198. The van der Waals surface area contributed by atoms with Crippen molar-refractivity contribution in [3.05, 3.63) is 112 Å². The fourth-order valence-electron chi connectivity index (χ4n) is 4.34. The number of carbonyl (C=O) groups excluding carboxylic acids is 1. The molecule has 7 heteroatoms. The van der Waals surface area contributed by atoms with Gasteiger partial charge in [0.1, 0.15) is 5.65 Å². The molecule has 4 aromatic heterocycles. The Morgan fingerprint density at radius 3 is 2.67 bits per heavy atom. The predicted octanol–water partition coefficient (Wildman–Crippen LogP) is 6.00. The third kappa shape index (κ3) is 3.99. The van der Waals surface area contributed by atoms with E-state index in [-0.39, 0.29) is 17.6 Å². The van der Waals surface area contributed by atoms with Crippen molar-refractivity contribution in [1.82, 2.24) is 19.9 Å². The summed E-state index contributed by atoms with van der Waals surface area (Å²) in [5.41, 5.74) is 4.67. The maximum Gasteiger partial charge on any atom is 0.194 e. The zero-order valence-electron chi connectivity index (χ0n) is 19.4. The van der Waals surface area contributed by atoms with E-state index in [0.717, 1.165) is 37.6 Å². The molecular weight excluding hydrogens is 468 g/mol. The molecule has 0 saturated heterocycles. The van der Waals surface area contributed by atoms with Crippen LogP contribution in [0.5, 0.6) is 0 Å². The summed E-state index contributed by atoms with van der Waals surface area (Å²) >= 11 is 1.55. The molecule has 4 heterocycles. The van der Waals surface area contributed by atoms with Gasteiger partial charge in [0.15, 0.2) is 11.2 Å². The van der Waals surface area contributed by atoms with Crippen molar-refractivity contribution in [2.45, 2.75) is 13.3 Å². The molecule has 0 aliphatic rings. The summed E-state index contributed by atoms with van der Waals surface area (Å²) in [5, 5.41) is 2.38. The van der Waals surface area contributed by atoms with Crippen molar-refractivity contribution in [2.24, 2.45) is 0 Å². The van der Waals surface area contributed by atoms with Gasteiger partial charge >= 0.3 is 0 Å². The highest BCUT2D eigenvalue weighted by Crippen LogP contribution is 2.36. The first kappa shape index (κ1) is 22.0. The van der Waals surface area contributed by atoms with Crippen LogP contribution in [0.2, 0.25) is 0 Å². The molecule has 0 saturated carbocycles. The van der Waals surface area contributed by atoms with Crippen molar-refractivity contribution < 1.29 is 4.79 Å². The number of hydrogen-bond donors (Lipinski definition) is 1. The van der Waals surface area contributed by atoms with Gasteiger partial charge in [-0.2, -0.15) is 0 Å². The molecule has 0 bridgehead atoms. The van der Waals surface area contributed by atoms with E-state index in [1.807, 2.05) is 61.7 Å². The Morgan fingerprint density at radius 2 is 1.86 bits per heavy atom. The monoisotopic (exact) mass is 488 g/mol. The summed E-state index contributed by atoms with van der Waals surface area (Å²) in [6.45, 7) is 1.95. The normalized spacial score (nSPS) is 11.2. The lowest BCUT2D eigenvalue weighted by Crippen LogP contribution is -2.15. The number of H-pyrrole nitrogens is 1. The Labute approximate surface area is 210 Å². The second-order valence-corrected chi connectivity index (χ2v) is 9.78. The predicted molar refractivity (Wildman–Crippen MR) is 143 cm³/mol. The Balaban J connectivity index is 1.53. The first-order chi connectivity index (χ1) is 17.6. The number of nitrogens with one attached hydrogen (secondary N) is 1. The van der Waals surface area contributed by atoms with E-state index in [0.29, 0.717) is 22.2 Å². The summed E-state index contributed by atoms with van der Waals surface area (Å²) in [7, 11) is 0. The number of benzene rings is 2. The number of aromatic nitrogens is 4. The standard InChI is InChI=1S/C29H20N4O2S/c1-17-31-16-26(36-17)27-22(19-9-10-24-20(12-19)8-5-11-30-24)14-23-28(35)21(15-32-29(23)33-27)13-25(34)18-6-3-2-4-7-18/h2-12,14-16H,13H2,1H3,(H,32,33,35). The molecule has 0 radical (unpaired) electrons. The molecule has 0 aliphatic heterocycles. The molecule has 0 atom stereocenters. The van der Waals surface area contributed by atoms with Crippen molar-refractivity contribution in [3.63, 3.8) is 0 Å². The quantitative estimate of drug-likeness (QED) is 0.301. The number of ketones is 1. The Hall–Kier alpha value is -4.49. The van der Waals surface area contributed by atoms with Gasteiger partial charge in [0.2, 0.25) is 0 Å². The number of aromatic amines is 1. The maximum atomic E-state index is 13.5. The minimum Gasteiger partial charge on any atom is -0.346 e. The number of fused-ring (bicyclic) bond motifs is 2. The van der Waals surface area contributed by atoms with Gasteiger partial charge in [-0.15, -0.1) is 11.3 Å². The largest absolute Gasteiger partial charge is 0.346 e. The first-order valence-electron chi connectivity index (χ1n) is 11.5. The third-order valence-electron chi connectivity index (χ3n) is 6.16. The Morgan fingerprint density at radius 1 is 1.00 bits per heavy atom. The minimum absolute atomic E-state index is 0.0159. The molecule has 6 nitrogen and oxygen atoms in total. The number of nitrogens with zero attached hydrogens (tertiary/aromatic N) is 3. The number of carbonyl (C=O) groups is 1. The van der Waals surface area contributed by atoms with Crippen LogP contribution in [0.25, 0.3) is 43.6 Å². The Bertz CT molecular complexity index is 1820. The summed E-state index contributed by atoms with van der Waals surface area (Å²) in [5.74, 6) is -0.104. The molecule has 6 aromatic rings. The molecule has 36 heavy (non-hydrogen) atoms. The number of pyridine rings is 3. The summed E-state index contributed by atoms with van der Waals surface area (Å²) in [6, 6.07) is 20.8. The lowest BCUT2D eigenvalue weighted by atomic mass is 9.98. The molecule has 6 rings (SSSR count). The third-order valence-corrected chi connectivity index (χ3v) is 7.08. The van der Waals surface area contributed by atoms with E-state index in [4.69, 9.17) is 4.98 Å². The number of Topliss-reactive ketones (excluding diaryl/α,β-unsaturated/α-hetero) is 1. The van der Waals surface area contributed by atoms with Crippen molar-refractivity contribution >= 4 is 39.1 Å². The van der Waals surface area contributed by atoms with Crippen LogP contribution in [0.3, 0.4) is 0 Å².